The predicted molar refractivity (Wildman–Crippen MR) is 169 cm³/mol. The highest BCUT2D eigenvalue weighted by Gasteiger charge is 2.43. The highest BCUT2D eigenvalue weighted by Crippen LogP contribution is 2.55. The van der Waals surface area contributed by atoms with Crippen molar-refractivity contribution in [3.8, 4) is 0 Å². The second-order valence-electron chi connectivity index (χ2n) is 10.5. The number of carbonyl (C=O) groups is 1. The van der Waals surface area contributed by atoms with E-state index in [1.54, 1.807) is 18.7 Å². The molecule has 3 aromatic carbocycles. The molecule has 0 aliphatic carbocycles. The van der Waals surface area contributed by atoms with Gasteiger partial charge in [-0.1, -0.05) is 55.9 Å². The van der Waals surface area contributed by atoms with E-state index in [1.807, 2.05) is 0 Å². The van der Waals surface area contributed by atoms with Crippen molar-refractivity contribution in [3.05, 3.63) is 83.4 Å². The molecular weight excluding hydrogens is 502 g/mol. The first-order chi connectivity index (χ1) is 18.7. The van der Waals surface area contributed by atoms with Crippen LogP contribution in [0, 0.1) is 0 Å². The lowest BCUT2D eigenvalue weighted by Crippen LogP contribution is -2.36. The summed E-state index contributed by atoms with van der Waals surface area (Å²) in [6.45, 7) is 7.95. The van der Waals surface area contributed by atoms with Crippen molar-refractivity contribution in [2.45, 2.75) is 38.4 Å². The molecule has 0 aromatic heterocycles. The quantitative estimate of drug-likeness (QED) is 0.329. The lowest BCUT2D eigenvalue weighted by Gasteiger charge is -2.39. The first-order valence-electron chi connectivity index (χ1n) is 13.7. The summed E-state index contributed by atoms with van der Waals surface area (Å²) in [5, 5.41) is 3.63. The Bertz CT molecular complexity index is 1260. The molecule has 206 valence electrons. The molecule has 0 bridgehead atoms. The summed E-state index contributed by atoms with van der Waals surface area (Å²) in [4.78, 5) is 23.9. The first kappa shape index (κ1) is 28.6. The van der Waals surface area contributed by atoms with Gasteiger partial charge in [0.2, 0.25) is 5.91 Å². The van der Waals surface area contributed by atoms with Crippen molar-refractivity contribution >= 4 is 45.6 Å². The van der Waals surface area contributed by atoms with E-state index in [1.165, 1.54) is 0 Å². The molecule has 0 saturated heterocycles. The molecule has 0 radical (unpaired) electrons. The topological polar surface area (TPSA) is 51.2 Å². The zero-order valence-corrected chi connectivity index (χ0v) is 25.1. The smallest absolute Gasteiger partial charge is 0.222 e. The van der Waals surface area contributed by atoms with Crippen LogP contribution in [0.2, 0.25) is 0 Å². The maximum absolute atomic E-state index is 12.3. The second kappa shape index (κ2) is 12.2. The number of anilines is 3. The Kier molecular flexibility index (Phi) is 8.90. The number of aliphatic imine (C=N–C) groups is 1. The summed E-state index contributed by atoms with van der Waals surface area (Å²) in [6.07, 6.45) is 2.15. The standard InChI is InChI=1S/C32H41N5OS/c1-8-20-37(21-9-2)28-18-19-29-30(22-28)34-31(33-23(3)38)39-32(29,24-10-14-26(15-11-24)35(4)5)25-12-16-27(17-13-25)36(6)7/h10-19,22H,8-9,20-21H2,1-7H3,(H,33,34,38). The third-order valence-corrected chi connectivity index (χ3v) is 8.43. The molecule has 4 rings (SSSR count). The number of nitrogens with one attached hydrogen (secondary N) is 1. The summed E-state index contributed by atoms with van der Waals surface area (Å²) in [7, 11) is 8.21. The van der Waals surface area contributed by atoms with Crippen molar-refractivity contribution in [1.29, 1.82) is 0 Å². The van der Waals surface area contributed by atoms with Crippen LogP contribution in [-0.2, 0) is 9.54 Å². The number of benzene rings is 3. The zero-order valence-electron chi connectivity index (χ0n) is 24.3. The fourth-order valence-electron chi connectivity index (χ4n) is 5.14. The van der Waals surface area contributed by atoms with Gasteiger partial charge in [-0.2, -0.15) is 0 Å². The first-order valence-corrected chi connectivity index (χ1v) is 14.5. The van der Waals surface area contributed by atoms with Crippen LogP contribution in [0.15, 0.2) is 71.7 Å². The molecular formula is C32H41N5OS. The monoisotopic (exact) mass is 543 g/mol. The number of carbonyl (C=O) groups excluding carboxylic acids is 1. The summed E-state index contributed by atoms with van der Waals surface area (Å²) >= 11 is 1.60. The highest BCUT2D eigenvalue weighted by molar-refractivity contribution is 8.15. The molecule has 1 heterocycles. The van der Waals surface area contributed by atoms with Crippen molar-refractivity contribution in [1.82, 2.24) is 5.32 Å². The van der Waals surface area contributed by atoms with Gasteiger partial charge in [0, 0.05) is 70.8 Å². The van der Waals surface area contributed by atoms with E-state index >= 15 is 0 Å². The average Bonchev–Trinajstić information content (AvgIpc) is 2.92. The molecule has 1 N–H and O–H groups in total. The summed E-state index contributed by atoms with van der Waals surface area (Å²) < 4.78 is -0.594. The summed E-state index contributed by atoms with van der Waals surface area (Å²) in [5.41, 5.74) is 7.73. The van der Waals surface area contributed by atoms with Gasteiger partial charge < -0.3 is 20.0 Å². The Hall–Kier alpha value is -3.45. The van der Waals surface area contributed by atoms with Crippen LogP contribution < -0.4 is 20.0 Å². The lowest BCUT2D eigenvalue weighted by molar-refractivity contribution is -0.117. The molecule has 1 aliphatic rings. The lowest BCUT2D eigenvalue weighted by atomic mass is 9.82. The van der Waals surface area contributed by atoms with E-state index in [0.717, 1.165) is 65.4 Å². The SMILES string of the molecule is CCCN(CCC)c1ccc2c(c1)N=C(NC(C)=O)SC2(c1ccc(N(C)C)cc1)c1ccc(N(C)C)cc1. The highest BCUT2D eigenvalue weighted by atomic mass is 32.2. The third-order valence-electron chi connectivity index (χ3n) is 7.05. The van der Waals surface area contributed by atoms with Crippen LogP contribution in [0.5, 0.6) is 0 Å². The van der Waals surface area contributed by atoms with Crippen molar-refractivity contribution in [2.75, 3.05) is 56.0 Å². The molecule has 0 atom stereocenters. The van der Waals surface area contributed by atoms with E-state index in [2.05, 4.69) is 129 Å². The van der Waals surface area contributed by atoms with Gasteiger partial charge in [0.15, 0.2) is 5.17 Å². The van der Waals surface area contributed by atoms with Gasteiger partial charge in [0.05, 0.1) is 5.69 Å². The van der Waals surface area contributed by atoms with Gasteiger partial charge in [0.25, 0.3) is 0 Å². The molecule has 1 amide bonds. The Morgan fingerprint density at radius 2 is 1.28 bits per heavy atom. The number of rotatable bonds is 9. The Labute approximate surface area is 238 Å². The Morgan fingerprint density at radius 3 is 1.72 bits per heavy atom. The summed E-state index contributed by atoms with van der Waals surface area (Å²) in [5.74, 6) is -0.126. The summed E-state index contributed by atoms with van der Waals surface area (Å²) in [6, 6.07) is 24.1. The minimum absolute atomic E-state index is 0.126. The molecule has 0 unspecified atom stereocenters. The Morgan fingerprint density at radius 1 is 0.795 bits per heavy atom. The molecule has 3 aromatic rings. The number of hydrogen-bond donors (Lipinski definition) is 1. The van der Waals surface area contributed by atoms with Crippen molar-refractivity contribution < 1.29 is 4.79 Å². The van der Waals surface area contributed by atoms with Gasteiger partial charge in [-0.25, -0.2) is 4.99 Å². The van der Waals surface area contributed by atoms with Crippen molar-refractivity contribution in [2.24, 2.45) is 4.99 Å². The van der Waals surface area contributed by atoms with Crippen LogP contribution >= 0.6 is 11.8 Å². The normalized spacial score (nSPS) is 13.8. The zero-order chi connectivity index (χ0) is 28.2. The predicted octanol–water partition coefficient (Wildman–Crippen LogP) is 6.61. The molecule has 0 spiro atoms. The van der Waals surface area contributed by atoms with E-state index < -0.39 is 4.75 Å². The number of fused-ring (bicyclic) bond motifs is 1. The number of hydrogen-bond acceptors (Lipinski definition) is 6. The fourth-order valence-corrected chi connectivity index (χ4v) is 6.56. The molecule has 6 nitrogen and oxygen atoms in total. The van der Waals surface area contributed by atoms with Crippen LogP contribution in [-0.4, -0.2) is 52.4 Å². The number of nitrogens with zero attached hydrogens (tertiary/aromatic N) is 4. The molecule has 7 heteroatoms. The van der Waals surface area contributed by atoms with Crippen molar-refractivity contribution in [3.63, 3.8) is 0 Å². The van der Waals surface area contributed by atoms with Gasteiger partial charge in [0.1, 0.15) is 4.75 Å². The van der Waals surface area contributed by atoms with E-state index in [9.17, 15) is 4.79 Å². The van der Waals surface area contributed by atoms with Crippen LogP contribution in [0.25, 0.3) is 0 Å². The van der Waals surface area contributed by atoms with E-state index in [0.29, 0.717) is 5.17 Å². The Balaban J connectivity index is 1.98. The van der Waals surface area contributed by atoms with Gasteiger partial charge in [-0.05, 0) is 60.4 Å². The number of amides is 1. The minimum Gasteiger partial charge on any atom is -0.378 e. The van der Waals surface area contributed by atoms with Crippen LogP contribution in [0.3, 0.4) is 0 Å². The second-order valence-corrected chi connectivity index (χ2v) is 11.7. The third kappa shape index (κ3) is 5.93. The van der Waals surface area contributed by atoms with Gasteiger partial charge >= 0.3 is 0 Å². The molecule has 39 heavy (non-hydrogen) atoms. The van der Waals surface area contributed by atoms with Gasteiger partial charge in [-0.3, -0.25) is 4.79 Å². The molecule has 0 fully saturated rings. The number of thioether (sulfide) groups is 1. The van der Waals surface area contributed by atoms with E-state index in [-0.39, 0.29) is 5.91 Å². The molecule has 1 aliphatic heterocycles. The largest absolute Gasteiger partial charge is 0.378 e. The minimum atomic E-state index is -0.594. The molecule has 0 saturated carbocycles. The number of amidine groups is 1. The maximum Gasteiger partial charge on any atom is 0.222 e. The van der Waals surface area contributed by atoms with Crippen LogP contribution in [0.4, 0.5) is 22.7 Å². The van der Waals surface area contributed by atoms with Gasteiger partial charge in [-0.15, -0.1) is 0 Å². The maximum atomic E-state index is 12.3. The fraction of sp³-hybridized carbons (Fsp3) is 0.375. The average molecular weight is 544 g/mol. The van der Waals surface area contributed by atoms with E-state index in [4.69, 9.17) is 4.99 Å². The van der Waals surface area contributed by atoms with Crippen LogP contribution in [0.1, 0.15) is 50.3 Å².